The van der Waals surface area contributed by atoms with E-state index in [1.807, 2.05) is 6.20 Å². The minimum atomic E-state index is 0.128. The minimum absolute atomic E-state index is 0.128. The maximum absolute atomic E-state index is 10.2. The van der Waals surface area contributed by atoms with Crippen LogP contribution in [0.3, 0.4) is 0 Å². The molecule has 4 heteroatoms. The smallest absolute Gasteiger partial charge is 0.0522 e. The van der Waals surface area contributed by atoms with E-state index >= 15 is 0 Å². The molecule has 0 aromatic carbocycles. The molecule has 25 heavy (non-hydrogen) atoms. The zero-order valence-electron chi connectivity index (χ0n) is 16.1. The molecule has 4 nitrogen and oxygen atoms in total. The van der Waals surface area contributed by atoms with Gasteiger partial charge >= 0.3 is 0 Å². The van der Waals surface area contributed by atoms with Gasteiger partial charge in [0.1, 0.15) is 0 Å². The molecular weight excluding hydrogens is 310 g/mol. The number of H-pyrrole nitrogens is 1. The second kappa shape index (κ2) is 6.09. The third-order valence-corrected chi connectivity index (χ3v) is 9.01. The van der Waals surface area contributed by atoms with Crippen molar-refractivity contribution in [2.75, 3.05) is 13.2 Å². The molecule has 3 aliphatic carbocycles. The molecule has 4 N–H and O–H groups in total. The molecule has 0 amide bonds. The van der Waals surface area contributed by atoms with Gasteiger partial charge in [0.25, 0.3) is 0 Å². The van der Waals surface area contributed by atoms with Gasteiger partial charge in [-0.05, 0) is 91.1 Å². The van der Waals surface area contributed by atoms with Gasteiger partial charge in [-0.15, -0.1) is 0 Å². The lowest BCUT2D eigenvalue weighted by Crippen LogP contribution is -2.53. The zero-order valence-corrected chi connectivity index (χ0v) is 16.1. The molecule has 140 valence electrons. The lowest BCUT2D eigenvalue weighted by Gasteiger charge is -2.56. The van der Waals surface area contributed by atoms with E-state index in [9.17, 15) is 5.11 Å². The largest absolute Gasteiger partial charge is 0.396 e. The molecule has 2 fully saturated rings. The lowest BCUT2D eigenvalue weighted by molar-refractivity contribution is -0.0689. The third kappa shape index (κ3) is 2.43. The van der Waals surface area contributed by atoms with Crippen LogP contribution in [0, 0.1) is 40.4 Å². The number of rotatable bonds is 3. The normalized spacial score (nSPS) is 46.7. The first-order valence-corrected chi connectivity index (χ1v) is 10.3. The van der Waals surface area contributed by atoms with Crippen LogP contribution in [0.5, 0.6) is 0 Å². The van der Waals surface area contributed by atoms with Crippen LogP contribution < -0.4 is 5.73 Å². The molecule has 0 spiro atoms. The van der Waals surface area contributed by atoms with Crippen molar-refractivity contribution in [3.8, 4) is 0 Å². The maximum Gasteiger partial charge on any atom is 0.0522 e. The summed E-state index contributed by atoms with van der Waals surface area (Å²) in [6, 6.07) is 0. The quantitative estimate of drug-likeness (QED) is 0.788. The predicted octanol–water partition coefficient (Wildman–Crippen LogP) is 3.16. The molecule has 2 saturated carbocycles. The second-order valence-corrected chi connectivity index (χ2v) is 9.78. The number of aliphatic hydroxyl groups is 1. The number of aliphatic hydroxyl groups excluding tert-OH is 1. The van der Waals surface area contributed by atoms with Crippen LogP contribution in [0.15, 0.2) is 6.20 Å². The number of hydrogen-bond donors (Lipinski definition) is 3. The van der Waals surface area contributed by atoms with Gasteiger partial charge in [-0.3, -0.25) is 5.10 Å². The van der Waals surface area contributed by atoms with Gasteiger partial charge in [0.05, 0.1) is 6.20 Å². The second-order valence-electron chi connectivity index (χ2n) is 9.78. The van der Waals surface area contributed by atoms with Crippen LogP contribution in [0.25, 0.3) is 0 Å². The third-order valence-electron chi connectivity index (χ3n) is 9.01. The Balaban J connectivity index is 1.68. The van der Waals surface area contributed by atoms with Crippen molar-refractivity contribution in [3.63, 3.8) is 0 Å². The molecule has 3 aliphatic rings. The van der Waals surface area contributed by atoms with E-state index in [0.717, 1.165) is 31.2 Å². The van der Waals surface area contributed by atoms with Crippen molar-refractivity contribution in [2.24, 2.45) is 46.2 Å². The Morgan fingerprint density at radius 3 is 2.72 bits per heavy atom. The fraction of sp³-hybridized carbons (Fsp3) is 0.857. The Hall–Kier alpha value is -0.870. The van der Waals surface area contributed by atoms with Crippen molar-refractivity contribution in [3.05, 3.63) is 17.5 Å². The summed E-state index contributed by atoms with van der Waals surface area (Å²) in [4.78, 5) is 0. The lowest BCUT2D eigenvalue weighted by atomic mass is 9.49. The average molecular weight is 346 g/mol. The number of aromatic amines is 1. The summed E-state index contributed by atoms with van der Waals surface area (Å²) in [6.07, 6.45) is 9.25. The molecule has 0 bridgehead atoms. The summed E-state index contributed by atoms with van der Waals surface area (Å²) in [6.45, 7) is 8.46. The first-order valence-electron chi connectivity index (χ1n) is 10.3. The van der Waals surface area contributed by atoms with Gasteiger partial charge in [-0.2, -0.15) is 5.10 Å². The summed E-state index contributed by atoms with van der Waals surface area (Å²) in [5, 5.41) is 17.6. The Morgan fingerprint density at radius 2 is 2.00 bits per heavy atom. The highest BCUT2D eigenvalue weighted by Gasteiger charge is 2.57. The molecular formula is C21H35N3O. The van der Waals surface area contributed by atoms with E-state index in [4.69, 9.17) is 5.73 Å². The van der Waals surface area contributed by atoms with Gasteiger partial charge in [0.2, 0.25) is 0 Å². The van der Waals surface area contributed by atoms with Gasteiger partial charge < -0.3 is 10.8 Å². The van der Waals surface area contributed by atoms with Crippen molar-refractivity contribution >= 4 is 0 Å². The van der Waals surface area contributed by atoms with Gasteiger partial charge in [0, 0.05) is 12.3 Å². The van der Waals surface area contributed by atoms with Crippen molar-refractivity contribution in [2.45, 2.75) is 59.3 Å². The van der Waals surface area contributed by atoms with Crippen LogP contribution >= 0.6 is 0 Å². The molecule has 0 unspecified atom stereocenters. The molecule has 4 rings (SSSR count). The van der Waals surface area contributed by atoms with Crippen molar-refractivity contribution in [1.82, 2.24) is 10.2 Å². The highest BCUT2D eigenvalue weighted by atomic mass is 16.3. The van der Waals surface area contributed by atoms with Gasteiger partial charge in [0.15, 0.2) is 0 Å². The Bertz CT molecular complexity index is 628. The molecule has 1 heterocycles. The highest BCUT2D eigenvalue weighted by Crippen LogP contribution is 2.63. The number of nitrogens with two attached hydrogens (primary N) is 1. The molecule has 7 atom stereocenters. The monoisotopic (exact) mass is 345 g/mol. The predicted molar refractivity (Wildman–Crippen MR) is 99.9 cm³/mol. The van der Waals surface area contributed by atoms with Crippen LogP contribution in [0.2, 0.25) is 0 Å². The van der Waals surface area contributed by atoms with Crippen LogP contribution in [0.4, 0.5) is 0 Å². The number of fused-ring (bicyclic) bond motifs is 2. The number of nitrogens with one attached hydrogen (secondary N) is 1. The molecule has 1 aromatic heterocycles. The summed E-state index contributed by atoms with van der Waals surface area (Å²) >= 11 is 0. The number of hydrogen-bond acceptors (Lipinski definition) is 3. The van der Waals surface area contributed by atoms with Crippen LogP contribution in [-0.2, 0) is 12.8 Å². The van der Waals surface area contributed by atoms with Crippen molar-refractivity contribution in [1.29, 1.82) is 0 Å². The zero-order chi connectivity index (χ0) is 17.8. The van der Waals surface area contributed by atoms with Gasteiger partial charge in [-0.25, -0.2) is 0 Å². The van der Waals surface area contributed by atoms with E-state index in [2.05, 4.69) is 31.0 Å². The molecule has 1 aromatic rings. The van der Waals surface area contributed by atoms with E-state index in [-0.39, 0.29) is 12.0 Å². The summed E-state index contributed by atoms with van der Waals surface area (Å²) in [5.41, 5.74) is 9.59. The fourth-order valence-corrected chi connectivity index (χ4v) is 7.11. The van der Waals surface area contributed by atoms with Crippen LogP contribution in [0.1, 0.15) is 57.7 Å². The number of nitrogens with zero attached hydrogens (tertiary/aromatic N) is 1. The van der Waals surface area contributed by atoms with E-state index in [1.54, 1.807) is 0 Å². The Morgan fingerprint density at radius 1 is 1.24 bits per heavy atom. The first kappa shape index (κ1) is 17.5. The van der Waals surface area contributed by atoms with Gasteiger partial charge in [-0.1, -0.05) is 20.8 Å². The SMILES string of the molecule is C[C@H]1CC[C@H]2[C@H](CN)[C@@H]([C@@]3(C)Cc4cn[nH]c4C[C@@H]3CO)CC[C@]12C. The highest BCUT2D eigenvalue weighted by molar-refractivity contribution is 5.24. The van der Waals surface area contributed by atoms with Crippen LogP contribution in [-0.4, -0.2) is 28.5 Å². The average Bonchev–Trinajstić information content (AvgIpc) is 3.17. The summed E-state index contributed by atoms with van der Waals surface area (Å²) < 4.78 is 0. The van der Waals surface area contributed by atoms with Crippen molar-refractivity contribution < 1.29 is 5.11 Å². The summed E-state index contributed by atoms with van der Waals surface area (Å²) in [5.74, 6) is 3.09. The molecule has 0 saturated heterocycles. The Labute approximate surface area is 152 Å². The van der Waals surface area contributed by atoms with E-state index in [0.29, 0.717) is 23.2 Å². The fourth-order valence-electron chi connectivity index (χ4n) is 7.11. The summed E-state index contributed by atoms with van der Waals surface area (Å²) in [7, 11) is 0. The van der Waals surface area contributed by atoms with E-state index in [1.165, 1.54) is 36.9 Å². The first-order chi connectivity index (χ1) is 11.9. The van der Waals surface area contributed by atoms with E-state index < -0.39 is 0 Å². The minimum Gasteiger partial charge on any atom is -0.396 e. The topological polar surface area (TPSA) is 74.9 Å². The Kier molecular flexibility index (Phi) is 4.27. The number of aromatic nitrogens is 2. The molecule has 0 radical (unpaired) electrons. The molecule has 0 aliphatic heterocycles. The standard InChI is InChI=1S/C21H35N3O/c1-13-4-5-17-16(10-22)18(6-7-20(13,17)2)21(3)9-14-11-23-24-19(14)8-15(21)12-25/h11,13,15-18,25H,4-10,12,22H2,1-3H3,(H,23,24)/t13-,15+,16-,17-,18-,20+,21-/m0/s1. The maximum atomic E-state index is 10.2.